The Kier molecular flexibility index (Phi) is 7.81. The van der Waals surface area contributed by atoms with Crippen molar-refractivity contribution in [3.05, 3.63) is 93.0 Å². The van der Waals surface area contributed by atoms with Crippen LogP contribution in [-0.2, 0) is 9.59 Å². The lowest BCUT2D eigenvalue weighted by molar-refractivity contribution is -0.132. The van der Waals surface area contributed by atoms with Crippen LogP contribution in [-0.4, -0.2) is 30.5 Å². The molecule has 3 aromatic carbocycles. The number of anilines is 1. The maximum Gasteiger partial charge on any atom is 0.300 e. The minimum Gasteiger partial charge on any atom is -0.507 e. The molecule has 1 N–H and O–H groups in total. The molecule has 1 heterocycles. The number of rotatable bonds is 7. The molecule has 1 amide bonds. The average Bonchev–Trinajstić information content (AvgIpc) is 3.14. The number of methoxy groups -OCH3 is 1. The van der Waals surface area contributed by atoms with Crippen molar-refractivity contribution in [3.8, 4) is 11.5 Å². The summed E-state index contributed by atoms with van der Waals surface area (Å²) in [5, 5.41) is 11.9. The van der Waals surface area contributed by atoms with Gasteiger partial charge in [0.1, 0.15) is 17.3 Å². The number of hydrogen-bond donors (Lipinski definition) is 1. The first-order chi connectivity index (χ1) is 17.7. The van der Waals surface area contributed by atoms with Crippen LogP contribution in [0.5, 0.6) is 11.5 Å². The van der Waals surface area contributed by atoms with Gasteiger partial charge in [0, 0.05) is 10.7 Å². The van der Waals surface area contributed by atoms with Gasteiger partial charge in [-0.2, -0.15) is 0 Å². The summed E-state index contributed by atoms with van der Waals surface area (Å²) >= 11 is 12.5. The molecule has 1 saturated heterocycles. The van der Waals surface area contributed by atoms with Crippen LogP contribution in [0, 0.1) is 0 Å². The molecule has 192 valence electrons. The fourth-order valence-corrected chi connectivity index (χ4v) is 5.01. The molecule has 1 unspecified atom stereocenters. The van der Waals surface area contributed by atoms with Crippen molar-refractivity contribution in [2.75, 3.05) is 18.6 Å². The highest BCUT2D eigenvalue weighted by Gasteiger charge is 2.47. The lowest BCUT2D eigenvalue weighted by atomic mass is 9.93. The van der Waals surface area contributed by atoms with E-state index in [0.29, 0.717) is 29.5 Å². The minimum atomic E-state index is -0.901. The van der Waals surface area contributed by atoms with E-state index in [0.717, 1.165) is 5.56 Å². The number of Topliss-reactive ketones (excluding diaryl/α,β-unsaturated/α-hetero) is 1. The van der Waals surface area contributed by atoms with E-state index < -0.39 is 23.5 Å². The Labute approximate surface area is 226 Å². The molecule has 0 aromatic heterocycles. The van der Waals surface area contributed by atoms with Crippen molar-refractivity contribution in [2.45, 2.75) is 32.7 Å². The fourth-order valence-electron chi connectivity index (χ4n) is 4.44. The summed E-state index contributed by atoms with van der Waals surface area (Å²) in [5.74, 6) is -0.947. The molecule has 8 heteroatoms. The van der Waals surface area contributed by atoms with E-state index in [1.165, 1.54) is 24.1 Å². The topological polar surface area (TPSA) is 76.1 Å². The van der Waals surface area contributed by atoms with Crippen LogP contribution < -0.4 is 14.4 Å². The molecule has 1 aliphatic rings. The number of aliphatic hydroxyl groups is 1. The first-order valence-electron chi connectivity index (χ1n) is 11.8. The molecular formula is C29H27Cl2NO5. The monoisotopic (exact) mass is 539 g/mol. The largest absolute Gasteiger partial charge is 0.507 e. The minimum absolute atomic E-state index is 0.0900. The summed E-state index contributed by atoms with van der Waals surface area (Å²) in [6.45, 7) is 6.53. The average molecular weight is 540 g/mol. The molecule has 0 aliphatic carbocycles. The van der Waals surface area contributed by atoms with Gasteiger partial charge in [-0.25, -0.2) is 0 Å². The molecule has 1 fully saturated rings. The molecule has 0 radical (unpaired) electrons. The number of amides is 1. The zero-order valence-corrected chi connectivity index (χ0v) is 22.4. The Hall–Kier alpha value is -3.48. The summed E-state index contributed by atoms with van der Waals surface area (Å²) in [6.07, 6.45) is 0. The predicted molar refractivity (Wildman–Crippen MR) is 146 cm³/mol. The van der Waals surface area contributed by atoms with Gasteiger partial charge in [0.15, 0.2) is 0 Å². The van der Waals surface area contributed by atoms with Gasteiger partial charge in [-0.15, -0.1) is 0 Å². The molecule has 37 heavy (non-hydrogen) atoms. The lowest BCUT2D eigenvalue weighted by Crippen LogP contribution is -2.29. The van der Waals surface area contributed by atoms with Gasteiger partial charge in [-0.05, 0) is 60.4 Å². The van der Waals surface area contributed by atoms with Gasteiger partial charge in [0.2, 0.25) is 0 Å². The van der Waals surface area contributed by atoms with E-state index in [4.69, 9.17) is 32.7 Å². The molecule has 0 spiro atoms. The first kappa shape index (κ1) is 26.6. The molecule has 0 bridgehead atoms. The number of hydrogen-bond acceptors (Lipinski definition) is 5. The Bertz CT molecular complexity index is 1360. The van der Waals surface area contributed by atoms with Crippen molar-refractivity contribution < 1.29 is 24.2 Å². The van der Waals surface area contributed by atoms with Gasteiger partial charge in [-0.1, -0.05) is 61.3 Å². The van der Waals surface area contributed by atoms with Crippen LogP contribution in [0.4, 0.5) is 5.69 Å². The van der Waals surface area contributed by atoms with Crippen LogP contribution in [0.3, 0.4) is 0 Å². The van der Waals surface area contributed by atoms with E-state index in [9.17, 15) is 14.7 Å². The molecule has 1 aliphatic heterocycles. The predicted octanol–water partition coefficient (Wildman–Crippen LogP) is 7.15. The van der Waals surface area contributed by atoms with Crippen LogP contribution >= 0.6 is 23.2 Å². The Balaban J connectivity index is 1.95. The number of ether oxygens (including phenoxy) is 2. The quantitative estimate of drug-likeness (QED) is 0.196. The normalized spacial score (nSPS) is 16.9. The van der Waals surface area contributed by atoms with Gasteiger partial charge < -0.3 is 14.6 Å². The van der Waals surface area contributed by atoms with Crippen LogP contribution in [0.1, 0.15) is 49.4 Å². The van der Waals surface area contributed by atoms with Crippen LogP contribution in [0.2, 0.25) is 10.0 Å². The maximum absolute atomic E-state index is 13.5. The summed E-state index contributed by atoms with van der Waals surface area (Å²) in [7, 11) is 1.40. The first-order valence-corrected chi connectivity index (χ1v) is 12.6. The molecule has 4 rings (SSSR count). The van der Waals surface area contributed by atoms with Gasteiger partial charge in [-0.3, -0.25) is 14.5 Å². The van der Waals surface area contributed by atoms with Gasteiger partial charge >= 0.3 is 0 Å². The second-order valence-electron chi connectivity index (χ2n) is 8.89. The van der Waals surface area contributed by atoms with E-state index in [2.05, 4.69) is 13.8 Å². The van der Waals surface area contributed by atoms with E-state index in [-0.39, 0.29) is 26.9 Å². The zero-order chi connectivity index (χ0) is 26.9. The van der Waals surface area contributed by atoms with Crippen LogP contribution in [0.25, 0.3) is 5.76 Å². The van der Waals surface area contributed by atoms with E-state index >= 15 is 0 Å². The highest BCUT2D eigenvalue weighted by Crippen LogP contribution is 2.45. The number of carbonyl (C=O) groups is 2. The second kappa shape index (κ2) is 10.9. The lowest BCUT2D eigenvalue weighted by Gasteiger charge is -2.26. The molecule has 3 aromatic rings. The fraction of sp³-hybridized carbons (Fsp3) is 0.241. The molecule has 1 atom stereocenters. The Morgan fingerprint density at radius 2 is 1.68 bits per heavy atom. The SMILES string of the molecule is CCOc1ccc(N2C(=O)C(=O)/C(=C(/O)c3cc(Cl)cc(Cl)c3OC)C2c2ccc(C(C)C)cc2)cc1. The summed E-state index contributed by atoms with van der Waals surface area (Å²) in [4.78, 5) is 28.3. The summed E-state index contributed by atoms with van der Waals surface area (Å²) in [6, 6.07) is 16.5. The van der Waals surface area contributed by atoms with Gasteiger partial charge in [0.25, 0.3) is 11.7 Å². The molecular weight excluding hydrogens is 513 g/mol. The number of aliphatic hydroxyl groups excluding tert-OH is 1. The Morgan fingerprint density at radius 1 is 1.03 bits per heavy atom. The smallest absolute Gasteiger partial charge is 0.300 e. The van der Waals surface area contributed by atoms with Crippen molar-refractivity contribution in [1.82, 2.24) is 0 Å². The number of halogens is 2. The summed E-state index contributed by atoms with van der Waals surface area (Å²) in [5.41, 5.74) is 2.27. The molecule has 6 nitrogen and oxygen atoms in total. The third-order valence-electron chi connectivity index (χ3n) is 6.26. The van der Waals surface area contributed by atoms with Crippen molar-refractivity contribution in [3.63, 3.8) is 0 Å². The third-order valence-corrected chi connectivity index (χ3v) is 6.76. The third kappa shape index (κ3) is 5.04. The zero-order valence-electron chi connectivity index (χ0n) is 20.9. The van der Waals surface area contributed by atoms with E-state index in [1.807, 2.05) is 31.2 Å². The van der Waals surface area contributed by atoms with Gasteiger partial charge in [0.05, 0.1) is 35.9 Å². The number of carbonyl (C=O) groups excluding carboxylic acids is 2. The highest BCUT2D eigenvalue weighted by molar-refractivity contribution is 6.52. The highest BCUT2D eigenvalue weighted by atomic mass is 35.5. The van der Waals surface area contributed by atoms with Crippen LogP contribution in [0.15, 0.2) is 66.2 Å². The van der Waals surface area contributed by atoms with Crippen molar-refractivity contribution in [1.29, 1.82) is 0 Å². The number of nitrogens with zero attached hydrogens (tertiary/aromatic N) is 1. The van der Waals surface area contributed by atoms with E-state index in [1.54, 1.807) is 24.3 Å². The Morgan fingerprint density at radius 3 is 2.24 bits per heavy atom. The number of benzene rings is 3. The molecule has 0 saturated carbocycles. The van der Waals surface area contributed by atoms with Crippen molar-refractivity contribution in [2.24, 2.45) is 0 Å². The second-order valence-corrected chi connectivity index (χ2v) is 9.73. The van der Waals surface area contributed by atoms with Crippen molar-refractivity contribution >= 4 is 46.3 Å². The number of ketones is 1. The maximum atomic E-state index is 13.5. The summed E-state index contributed by atoms with van der Waals surface area (Å²) < 4.78 is 10.9. The standard InChI is InChI=1S/C29H27Cl2NO5/c1-5-37-21-12-10-20(11-13-21)32-25(18-8-6-17(7-9-18)16(2)3)24(27(34)29(32)35)26(33)22-14-19(30)15-23(31)28(22)36-4/h6-16,25,33H,5H2,1-4H3/b26-24+.